The molecule has 3 heteroatoms. The van der Waals surface area contributed by atoms with E-state index in [4.69, 9.17) is 5.73 Å². The summed E-state index contributed by atoms with van der Waals surface area (Å²) in [6, 6.07) is 0. The molecule has 1 aliphatic rings. The van der Waals surface area contributed by atoms with Crippen LogP contribution in [0.2, 0.25) is 0 Å². The van der Waals surface area contributed by atoms with E-state index in [9.17, 15) is 4.79 Å². The molecule has 15 heavy (non-hydrogen) atoms. The van der Waals surface area contributed by atoms with Crippen LogP contribution in [0.5, 0.6) is 0 Å². The summed E-state index contributed by atoms with van der Waals surface area (Å²) in [5, 5.41) is 0. The summed E-state index contributed by atoms with van der Waals surface area (Å²) in [7, 11) is 0. The van der Waals surface area contributed by atoms with Gasteiger partial charge in [0.05, 0.1) is 0 Å². The summed E-state index contributed by atoms with van der Waals surface area (Å²) in [5.41, 5.74) is 5.47. The maximum Gasteiger partial charge on any atom is 0.222 e. The summed E-state index contributed by atoms with van der Waals surface area (Å²) in [5.74, 6) is 0.863. The van der Waals surface area contributed by atoms with E-state index in [1.54, 1.807) is 0 Å². The third kappa shape index (κ3) is 4.47. The summed E-state index contributed by atoms with van der Waals surface area (Å²) in [6.45, 7) is 4.57. The van der Waals surface area contributed by atoms with Gasteiger partial charge in [-0.3, -0.25) is 4.79 Å². The lowest BCUT2D eigenvalue weighted by Crippen LogP contribution is -2.33. The third-order valence-electron chi connectivity index (χ3n) is 2.92. The van der Waals surface area contributed by atoms with Gasteiger partial charge in [-0.2, -0.15) is 0 Å². The van der Waals surface area contributed by atoms with Crippen molar-refractivity contribution >= 4 is 5.91 Å². The number of rotatable bonds is 5. The topological polar surface area (TPSA) is 46.3 Å². The van der Waals surface area contributed by atoms with E-state index in [2.05, 4.69) is 19.1 Å². The first-order valence-corrected chi connectivity index (χ1v) is 5.87. The Morgan fingerprint density at radius 1 is 1.47 bits per heavy atom. The molecule has 0 aromatic rings. The Bertz CT molecular complexity index is 226. The molecule has 0 aliphatic carbocycles. The Morgan fingerprint density at radius 3 is 2.87 bits per heavy atom. The van der Waals surface area contributed by atoms with E-state index in [-0.39, 0.29) is 0 Å². The molecule has 0 fully saturated rings. The van der Waals surface area contributed by atoms with Crippen LogP contribution in [0.4, 0.5) is 0 Å². The number of nitrogens with two attached hydrogens (primary N) is 1. The van der Waals surface area contributed by atoms with Crippen LogP contribution in [0, 0.1) is 5.92 Å². The Morgan fingerprint density at radius 2 is 2.27 bits per heavy atom. The van der Waals surface area contributed by atoms with E-state index in [1.165, 1.54) is 0 Å². The molecule has 0 bridgehead atoms. The summed E-state index contributed by atoms with van der Waals surface area (Å²) >= 11 is 0. The molecule has 86 valence electrons. The number of carbonyl (C=O) groups is 1. The van der Waals surface area contributed by atoms with Gasteiger partial charge in [0.1, 0.15) is 0 Å². The van der Waals surface area contributed by atoms with Crippen LogP contribution in [0.15, 0.2) is 12.2 Å². The Kier molecular flexibility index (Phi) is 5.40. The average molecular weight is 210 g/mol. The van der Waals surface area contributed by atoms with Crippen molar-refractivity contribution in [2.24, 2.45) is 11.7 Å². The molecule has 1 amide bonds. The van der Waals surface area contributed by atoms with Gasteiger partial charge < -0.3 is 10.6 Å². The molecule has 1 aliphatic heterocycles. The first-order chi connectivity index (χ1) is 7.24. The van der Waals surface area contributed by atoms with Crippen molar-refractivity contribution in [2.75, 3.05) is 19.6 Å². The first-order valence-electron chi connectivity index (χ1n) is 5.87. The number of nitrogens with zero attached hydrogens (tertiary/aromatic N) is 1. The minimum atomic E-state index is 0.295. The van der Waals surface area contributed by atoms with Crippen molar-refractivity contribution in [2.45, 2.75) is 32.6 Å². The van der Waals surface area contributed by atoms with Crippen LogP contribution < -0.4 is 5.73 Å². The highest BCUT2D eigenvalue weighted by molar-refractivity contribution is 5.76. The van der Waals surface area contributed by atoms with E-state index in [0.29, 0.717) is 18.2 Å². The van der Waals surface area contributed by atoms with Crippen molar-refractivity contribution < 1.29 is 4.79 Å². The van der Waals surface area contributed by atoms with Gasteiger partial charge in [-0.1, -0.05) is 19.1 Å². The van der Waals surface area contributed by atoms with E-state index < -0.39 is 0 Å². The Hall–Kier alpha value is -0.830. The van der Waals surface area contributed by atoms with Crippen LogP contribution in [-0.4, -0.2) is 30.4 Å². The molecular formula is C12H22N2O. The fraction of sp³-hybridized carbons (Fsp3) is 0.750. The average Bonchev–Trinajstić information content (AvgIpc) is 2.27. The molecule has 1 unspecified atom stereocenters. The second-order valence-electron chi connectivity index (χ2n) is 4.32. The molecule has 0 aromatic carbocycles. The van der Waals surface area contributed by atoms with Gasteiger partial charge in [-0.05, 0) is 31.7 Å². The minimum Gasteiger partial charge on any atom is -0.339 e. The van der Waals surface area contributed by atoms with Gasteiger partial charge in [0.2, 0.25) is 5.91 Å². The predicted octanol–water partition coefficient (Wildman–Crippen LogP) is 1.54. The number of hydrogen-bond donors (Lipinski definition) is 1. The van der Waals surface area contributed by atoms with Crippen molar-refractivity contribution in [3.05, 3.63) is 12.2 Å². The second kappa shape index (κ2) is 6.62. The molecule has 1 atom stereocenters. The maximum atomic E-state index is 11.8. The van der Waals surface area contributed by atoms with Gasteiger partial charge in [0, 0.05) is 19.5 Å². The maximum absolute atomic E-state index is 11.8. The lowest BCUT2D eigenvalue weighted by Gasteiger charge is -2.24. The van der Waals surface area contributed by atoms with Crippen molar-refractivity contribution in [3.8, 4) is 0 Å². The second-order valence-corrected chi connectivity index (χ2v) is 4.32. The van der Waals surface area contributed by atoms with Gasteiger partial charge in [0.15, 0.2) is 0 Å². The highest BCUT2D eigenvalue weighted by Gasteiger charge is 2.14. The van der Waals surface area contributed by atoms with Crippen molar-refractivity contribution in [1.82, 2.24) is 4.90 Å². The predicted molar refractivity (Wildman–Crippen MR) is 62.4 cm³/mol. The molecule has 0 saturated carbocycles. The van der Waals surface area contributed by atoms with Gasteiger partial charge in [-0.25, -0.2) is 0 Å². The van der Waals surface area contributed by atoms with Gasteiger partial charge >= 0.3 is 0 Å². The molecule has 0 saturated heterocycles. The fourth-order valence-electron chi connectivity index (χ4n) is 1.82. The van der Waals surface area contributed by atoms with Crippen LogP contribution in [0.3, 0.4) is 0 Å². The van der Waals surface area contributed by atoms with Gasteiger partial charge in [0.25, 0.3) is 0 Å². The van der Waals surface area contributed by atoms with Crippen molar-refractivity contribution in [3.63, 3.8) is 0 Å². The van der Waals surface area contributed by atoms with Crippen LogP contribution in [0.1, 0.15) is 32.6 Å². The SMILES string of the molecule is CC(CCN)CCC(=O)N1CC=CCC1. The quantitative estimate of drug-likeness (QED) is 0.700. The lowest BCUT2D eigenvalue weighted by atomic mass is 10.0. The monoisotopic (exact) mass is 210 g/mol. The molecule has 0 spiro atoms. The summed E-state index contributed by atoms with van der Waals surface area (Å²) < 4.78 is 0. The zero-order valence-corrected chi connectivity index (χ0v) is 9.61. The van der Waals surface area contributed by atoms with E-state index in [1.807, 2.05) is 4.90 Å². The molecule has 2 N–H and O–H groups in total. The Labute approximate surface area is 92.3 Å². The highest BCUT2D eigenvalue weighted by atomic mass is 16.2. The normalized spacial score (nSPS) is 17.9. The van der Waals surface area contributed by atoms with Crippen LogP contribution in [-0.2, 0) is 4.79 Å². The molecule has 1 rings (SSSR count). The molecular weight excluding hydrogens is 188 g/mol. The summed E-state index contributed by atoms with van der Waals surface area (Å²) in [4.78, 5) is 13.7. The molecule has 0 aromatic heterocycles. The number of hydrogen-bond acceptors (Lipinski definition) is 2. The van der Waals surface area contributed by atoms with E-state index >= 15 is 0 Å². The number of amides is 1. The zero-order valence-electron chi connectivity index (χ0n) is 9.61. The number of carbonyl (C=O) groups excluding carboxylic acids is 1. The van der Waals surface area contributed by atoms with Crippen molar-refractivity contribution in [1.29, 1.82) is 0 Å². The Balaban J connectivity index is 2.20. The van der Waals surface area contributed by atoms with Gasteiger partial charge in [-0.15, -0.1) is 0 Å². The summed E-state index contributed by atoms with van der Waals surface area (Å²) in [6.07, 6.45) is 7.88. The standard InChI is InChI=1S/C12H22N2O/c1-11(7-8-13)5-6-12(15)14-9-3-2-4-10-14/h2-3,11H,4-10,13H2,1H3. The molecule has 1 heterocycles. The largest absolute Gasteiger partial charge is 0.339 e. The third-order valence-corrected chi connectivity index (χ3v) is 2.92. The fourth-order valence-corrected chi connectivity index (χ4v) is 1.82. The smallest absolute Gasteiger partial charge is 0.222 e. The lowest BCUT2D eigenvalue weighted by molar-refractivity contribution is -0.131. The first kappa shape index (κ1) is 12.2. The highest BCUT2D eigenvalue weighted by Crippen LogP contribution is 2.12. The molecule has 3 nitrogen and oxygen atoms in total. The zero-order chi connectivity index (χ0) is 11.1. The van der Waals surface area contributed by atoms with Crippen LogP contribution in [0.25, 0.3) is 0 Å². The minimum absolute atomic E-state index is 0.295. The van der Waals surface area contributed by atoms with E-state index in [0.717, 1.165) is 38.9 Å². The van der Waals surface area contributed by atoms with Crippen LogP contribution >= 0.6 is 0 Å². The molecule has 0 radical (unpaired) electrons.